The molecule has 0 aliphatic rings. The molecule has 0 amide bonds. The summed E-state index contributed by atoms with van der Waals surface area (Å²) in [7, 11) is 0. The van der Waals surface area contributed by atoms with Gasteiger partial charge in [-0.3, -0.25) is 0 Å². The van der Waals surface area contributed by atoms with Crippen molar-refractivity contribution >= 4 is 0 Å². The van der Waals surface area contributed by atoms with Crippen molar-refractivity contribution in [2.24, 2.45) is 29.6 Å². The van der Waals surface area contributed by atoms with Crippen LogP contribution in [-0.4, -0.2) is 0 Å². The zero-order chi connectivity index (χ0) is 18.4. The second kappa shape index (κ2) is 15.3. The summed E-state index contributed by atoms with van der Waals surface area (Å²) >= 11 is 0. The lowest BCUT2D eigenvalue weighted by Crippen LogP contribution is -2.09. The van der Waals surface area contributed by atoms with Gasteiger partial charge in [0.1, 0.15) is 0 Å². The van der Waals surface area contributed by atoms with Crippen molar-refractivity contribution in [3.05, 3.63) is 0 Å². The van der Waals surface area contributed by atoms with Crippen LogP contribution < -0.4 is 0 Å². The summed E-state index contributed by atoms with van der Waals surface area (Å²) in [5.74, 6) is 4.60. The van der Waals surface area contributed by atoms with Gasteiger partial charge in [-0.2, -0.15) is 0 Å². The first-order valence-electron chi connectivity index (χ1n) is 11.3. The Kier molecular flexibility index (Phi) is 15.3. The Morgan fingerprint density at radius 2 is 0.750 bits per heavy atom. The maximum absolute atomic E-state index is 2.39. The van der Waals surface area contributed by atoms with Gasteiger partial charge >= 0.3 is 0 Å². The molecule has 0 bridgehead atoms. The molecule has 0 aliphatic carbocycles. The van der Waals surface area contributed by atoms with Crippen molar-refractivity contribution in [3.63, 3.8) is 0 Å². The van der Waals surface area contributed by atoms with Crippen LogP contribution in [0.25, 0.3) is 0 Å². The third kappa shape index (κ3) is 15.5. The van der Waals surface area contributed by atoms with Crippen molar-refractivity contribution in [2.75, 3.05) is 0 Å². The summed E-state index contributed by atoms with van der Waals surface area (Å²) in [6.07, 6.45) is 17.4. The van der Waals surface area contributed by atoms with Gasteiger partial charge in [-0.1, -0.05) is 126 Å². The van der Waals surface area contributed by atoms with E-state index in [0.717, 1.165) is 29.6 Å². The minimum absolute atomic E-state index is 0.868. The minimum Gasteiger partial charge on any atom is -0.0654 e. The molecule has 24 heavy (non-hydrogen) atoms. The number of hydrogen-bond donors (Lipinski definition) is 0. The molecule has 0 heterocycles. The van der Waals surface area contributed by atoms with Crippen molar-refractivity contribution in [3.8, 4) is 0 Å². The first kappa shape index (κ1) is 24.0. The summed E-state index contributed by atoms with van der Waals surface area (Å²) in [6.45, 7) is 16.6. The Morgan fingerprint density at radius 3 is 1.08 bits per heavy atom. The van der Waals surface area contributed by atoms with Crippen LogP contribution in [0.4, 0.5) is 0 Å². The van der Waals surface area contributed by atoms with Crippen molar-refractivity contribution in [1.29, 1.82) is 0 Å². The van der Waals surface area contributed by atoms with Crippen LogP contribution in [0.3, 0.4) is 0 Å². The monoisotopic (exact) mass is 338 g/mol. The molecular formula is C24H50. The fraction of sp³-hybridized carbons (Fsp3) is 1.00. The highest BCUT2D eigenvalue weighted by Gasteiger charge is 2.15. The van der Waals surface area contributed by atoms with E-state index in [0.29, 0.717) is 0 Å². The first-order chi connectivity index (χ1) is 11.3. The molecular weight excluding hydrogens is 288 g/mol. The van der Waals surface area contributed by atoms with Crippen LogP contribution in [0.1, 0.15) is 126 Å². The Hall–Kier alpha value is 0. The fourth-order valence-electron chi connectivity index (χ4n) is 3.73. The Morgan fingerprint density at radius 1 is 0.417 bits per heavy atom. The molecule has 0 heteroatoms. The largest absolute Gasteiger partial charge is 0.0654 e. The van der Waals surface area contributed by atoms with E-state index in [1.165, 1.54) is 77.0 Å². The van der Waals surface area contributed by atoms with Gasteiger partial charge in [0.2, 0.25) is 0 Å². The standard InChI is InChI=1S/C24H50/c1-8-9-10-11-23(15-12-20(2)3)18-19-24(16-13-21(4)5)17-14-22(6)7/h20-24H,8-19H2,1-7H3. The normalized spacial score (nSPS) is 13.6. The van der Waals surface area contributed by atoms with E-state index >= 15 is 0 Å². The molecule has 0 fully saturated rings. The second-order valence-electron chi connectivity index (χ2n) is 9.72. The molecule has 0 saturated heterocycles. The van der Waals surface area contributed by atoms with Gasteiger partial charge in [0.25, 0.3) is 0 Å². The summed E-state index contributed by atoms with van der Waals surface area (Å²) in [5, 5.41) is 0. The average molecular weight is 339 g/mol. The van der Waals surface area contributed by atoms with E-state index < -0.39 is 0 Å². The van der Waals surface area contributed by atoms with E-state index in [4.69, 9.17) is 0 Å². The SMILES string of the molecule is CCCCCC(CCC(C)C)CCC(CCC(C)C)CCC(C)C. The van der Waals surface area contributed by atoms with Gasteiger partial charge < -0.3 is 0 Å². The van der Waals surface area contributed by atoms with Crippen LogP contribution in [0.2, 0.25) is 0 Å². The molecule has 0 rings (SSSR count). The van der Waals surface area contributed by atoms with Crippen LogP contribution in [0.5, 0.6) is 0 Å². The van der Waals surface area contributed by atoms with E-state index in [1.807, 2.05) is 0 Å². The minimum atomic E-state index is 0.868. The van der Waals surface area contributed by atoms with Gasteiger partial charge in [-0.05, 0) is 29.6 Å². The molecule has 0 saturated carbocycles. The lowest BCUT2D eigenvalue weighted by atomic mass is 9.83. The molecule has 0 nitrogen and oxygen atoms in total. The van der Waals surface area contributed by atoms with Crippen molar-refractivity contribution < 1.29 is 0 Å². The Bertz CT molecular complexity index is 239. The Balaban J connectivity index is 4.37. The highest BCUT2D eigenvalue weighted by atomic mass is 14.2. The van der Waals surface area contributed by atoms with Gasteiger partial charge in [-0.25, -0.2) is 0 Å². The van der Waals surface area contributed by atoms with Gasteiger partial charge in [0, 0.05) is 0 Å². The number of hydrogen-bond acceptors (Lipinski definition) is 0. The van der Waals surface area contributed by atoms with Crippen LogP contribution in [0, 0.1) is 29.6 Å². The van der Waals surface area contributed by atoms with Gasteiger partial charge in [0.15, 0.2) is 0 Å². The third-order valence-corrected chi connectivity index (χ3v) is 5.66. The topological polar surface area (TPSA) is 0 Å². The highest BCUT2D eigenvalue weighted by molar-refractivity contribution is 4.68. The molecule has 0 aliphatic heterocycles. The molecule has 146 valence electrons. The summed E-state index contributed by atoms with van der Waals surface area (Å²) in [5.41, 5.74) is 0. The van der Waals surface area contributed by atoms with E-state index in [1.54, 1.807) is 0 Å². The number of unbranched alkanes of at least 4 members (excludes halogenated alkanes) is 2. The van der Waals surface area contributed by atoms with Crippen molar-refractivity contribution in [2.45, 2.75) is 126 Å². The summed E-state index contributed by atoms with van der Waals surface area (Å²) in [6, 6.07) is 0. The lowest BCUT2D eigenvalue weighted by Gasteiger charge is -2.23. The fourth-order valence-corrected chi connectivity index (χ4v) is 3.73. The summed E-state index contributed by atoms with van der Waals surface area (Å²) < 4.78 is 0. The molecule has 0 radical (unpaired) electrons. The second-order valence-corrected chi connectivity index (χ2v) is 9.72. The predicted octanol–water partition coefficient (Wildman–Crippen LogP) is 8.89. The van der Waals surface area contributed by atoms with Gasteiger partial charge in [0.05, 0.1) is 0 Å². The van der Waals surface area contributed by atoms with Crippen LogP contribution in [0.15, 0.2) is 0 Å². The molecule has 0 spiro atoms. The Labute approximate surface area is 155 Å². The molecule has 1 unspecified atom stereocenters. The average Bonchev–Trinajstić information content (AvgIpc) is 2.50. The maximum Gasteiger partial charge on any atom is -0.0414 e. The van der Waals surface area contributed by atoms with Crippen LogP contribution in [-0.2, 0) is 0 Å². The predicted molar refractivity (Wildman–Crippen MR) is 113 cm³/mol. The zero-order valence-electron chi connectivity index (χ0n) is 18.4. The quantitative estimate of drug-likeness (QED) is 0.246. The van der Waals surface area contributed by atoms with Crippen molar-refractivity contribution in [1.82, 2.24) is 0 Å². The van der Waals surface area contributed by atoms with Gasteiger partial charge in [-0.15, -0.1) is 0 Å². The zero-order valence-corrected chi connectivity index (χ0v) is 18.4. The summed E-state index contributed by atoms with van der Waals surface area (Å²) in [4.78, 5) is 0. The number of rotatable bonds is 16. The lowest BCUT2D eigenvalue weighted by molar-refractivity contribution is 0.293. The first-order valence-corrected chi connectivity index (χ1v) is 11.3. The van der Waals surface area contributed by atoms with E-state index in [9.17, 15) is 0 Å². The van der Waals surface area contributed by atoms with E-state index in [-0.39, 0.29) is 0 Å². The maximum atomic E-state index is 2.39. The molecule has 1 atom stereocenters. The van der Waals surface area contributed by atoms with Crippen LogP contribution >= 0.6 is 0 Å². The third-order valence-electron chi connectivity index (χ3n) is 5.66. The molecule has 0 N–H and O–H groups in total. The molecule has 0 aromatic rings. The molecule has 0 aromatic heterocycles. The molecule has 0 aromatic carbocycles. The van der Waals surface area contributed by atoms with E-state index in [2.05, 4.69) is 48.5 Å². The smallest absolute Gasteiger partial charge is 0.0414 e. The highest BCUT2D eigenvalue weighted by Crippen LogP contribution is 2.29.